The number of nitrogens with two attached hydrogens (primary N) is 1. The van der Waals surface area contributed by atoms with Crippen molar-refractivity contribution in [2.24, 2.45) is 5.73 Å². The number of rotatable bonds is 3. The van der Waals surface area contributed by atoms with Crippen LogP contribution in [0.1, 0.15) is 27.2 Å². The maximum absolute atomic E-state index is 11.2. The first-order valence-corrected chi connectivity index (χ1v) is 6.69. The number of benzene rings is 1. The summed E-state index contributed by atoms with van der Waals surface area (Å²) in [5.74, 6) is -0.468. The van der Waals surface area contributed by atoms with E-state index in [4.69, 9.17) is 11.0 Å². The fourth-order valence-corrected chi connectivity index (χ4v) is 2.29. The van der Waals surface area contributed by atoms with Gasteiger partial charge in [0.25, 0.3) is 0 Å². The van der Waals surface area contributed by atoms with Gasteiger partial charge in [-0.05, 0) is 35.9 Å². The summed E-state index contributed by atoms with van der Waals surface area (Å²) in [6, 6.07) is 13.0. The van der Waals surface area contributed by atoms with Crippen molar-refractivity contribution in [2.45, 2.75) is 6.42 Å². The summed E-state index contributed by atoms with van der Waals surface area (Å²) in [5, 5.41) is 9.85. The predicted molar refractivity (Wildman–Crippen MR) is 82.0 cm³/mol. The molecule has 5 heteroatoms. The average Bonchev–Trinajstić information content (AvgIpc) is 2.54. The van der Waals surface area contributed by atoms with E-state index in [0.717, 1.165) is 22.2 Å². The highest BCUT2D eigenvalue weighted by Crippen LogP contribution is 2.17. The van der Waals surface area contributed by atoms with E-state index < -0.39 is 5.91 Å². The average molecular weight is 288 g/mol. The predicted octanol–water partition coefficient (Wildman–Crippen LogP) is 2.19. The standard InChI is InChI=1S/C17H12N4O/c18-9-12-6-14-5-11(1-2-16(14)21-10-12)7-15-8-13(17(19)22)3-4-20-15/h1-6,8,10H,7H2,(H2,19,22). The molecular formula is C17H12N4O. The lowest BCUT2D eigenvalue weighted by Gasteiger charge is -2.05. The monoisotopic (exact) mass is 288 g/mol. The van der Waals surface area contributed by atoms with Crippen LogP contribution in [0.2, 0.25) is 0 Å². The number of nitriles is 1. The minimum atomic E-state index is -0.468. The quantitative estimate of drug-likeness (QED) is 0.799. The first-order valence-electron chi connectivity index (χ1n) is 6.69. The van der Waals surface area contributed by atoms with E-state index in [1.807, 2.05) is 18.2 Å². The molecule has 0 bridgehead atoms. The molecule has 5 nitrogen and oxygen atoms in total. The van der Waals surface area contributed by atoms with Crippen LogP contribution in [-0.2, 0) is 6.42 Å². The second-order valence-corrected chi connectivity index (χ2v) is 4.94. The van der Waals surface area contributed by atoms with Gasteiger partial charge in [0.15, 0.2) is 0 Å². The number of hydrogen-bond acceptors (Lipinski definition) is 4. The third-order valence-corrected chi connectivity index (χ3v) is 3.36. The van der Waals surface area contributed by atoms with Crippen LogP contribution in [0.4, 0.5) is 0 Å². The van der Waals surface area contributed by atoms with Crippen molar-refractivity contribution in [2.75, 3.05) is 0 Å². The van der Waals surface area contributed by atoms with Crippen molar-refractivity contribution < 1.29 is 4.79 Å². The third-order valence-electron chi connectivity index (χ3n) is 3.36. The number of primary amides is 1. The molecule has 1 aromatic carbocycles. The summed E-state index contributed by atoms with van der Waals surface area (Å²) in [6.07, 6.45) is 3.71. The number of fused-ring (bicyclic) bond motifs is 1. The molecule has 0 aliphatic carbocycles. The van der Waals surface area contributed by atoms with Crippen LogP contribution in [0.5, 0.6) is 0 Å². The number of hydrogen-bond donors (Lipinski definition) is 1. The second kappa shape index (κ2) is 5.62. The maximum Gasteiger partial charge on any atom is 0.248 e. The first kappa shape index (κ1) is 13.7. The van der Waals surface area contributed by atoms with Gasteiger partial charge < -0.3 is 5.73 Å². The fraction of sp³-hybridized carbons (Fsp3) is 0.0588. The highest BCUT2D eigenvalue weighted by Gasteiger charge is 2.05. The van der Waals surface area contributed by atoms with Crippen molar-refractivity contribution in [1.29, 1.82) is 5.26 Å². The Morgan fingerprint density at radius 3 is 2.82 bits per heavy atom. The molecule has 0 saturated heterocycles. The van der Waals surface area contributed by atoms with E-state index in [9.17, 15) is 4.79 Å². The minimum Gasteiger partial charge on any atom is -0.366 e. The molecule has 0 aliphatic rings. The Kier molecular flexibility index (Phi) is 3.50. The van der Waals surface area contributed by atoms with Crippen LogP contribution in [0, 0.1) is 11.3 Å². The zero-order valence-corrected chi connectivity index (χ0v) is 11.7. The molecule has 0 atom stereocenters. The Hall–Kier alpha value is -3.26. The number of aromatic nitrogens is 2. The Balaban J connectivity index is 1.95. The SMILES string of the molecule is N#Cc1cnc2ccc(Cc3cc(C(N)=O)ccn3)cc2c1. The van der Waals surface area contributed by atoms with Crippen LogP contribution in [-0.4, -0.2) is 15.9 Å². The smallest absolute Gasteiger partial charge is 0.248 e. The lowest BCUT2D eigenvalue weighted by Crippen LogP contribution is -2.11. The van der Waals surface area contributed by atoms with Gasteiger partial charge in [0.1, 0.15) is 6.07 Å². The summed E-state index contributed by atoms with van der Waals surface area (Å²) in [6.45, 7) is 0. The van der Waals surface area contributed by atoms with Gasteiger partial charge in [0, 0.05) is 35.5 Å². The molecule has 3 rings (SSSR count). The zero-order chi connectivity index (χ0) is 15.5. The van der Waals surface area contributed by atoms with Gasteiger partial charge in [-0.15, -0.1) is 0 Å². The fourth-order valence-electron chi connectivity index (χ4n) is 2.29. The topological polar surface area (TPSA) is 92.7 Å². The van der Waals surface area contributed by atoms with Crippen molar-refractivity contribution in [1.82, 2.24) is 9.97 Å². The number of nitrogens with zero attached hydrogens (tertiary/aromatic N) is 3. The molecule has 2 heterocycles. The van der Waals surface area contributed by atoms with Crippen molar-refractivity contribution >= 4 is 16.8 Å². The number of pyridine rings is 2. The van der Waals surface area contributed by atoms with Crippen molar-refractivity contribution in [3.05, 3.63) is 71.2 Å². The van der Waals surface area contributed by atoms with Gasteiger partial charge in [-0.2, -0.15) is 5.26 Å². The van der Waals surface area contributed by atoms with Gasteiger partial charge in [-0.25, -0.2) is 0 Å². The summed E-state index contributed by atoms with van der Waals surface area (Å²) in [7, 11) is 0. The van der Waals surface area contributed by atoms with Crippen LogP contribution in [0.3, 0.4) is 0 Å². The maximum atomic E-state index is 11.2. The summed E-state index contributed by atoms with van der Waals surface area (Å²) in [5.41, 5.74) is 8.87. The molecule has 2 aromatic heterocycles. The number of amides is 1. The van der Waals surface area contributed by atoms with E-state index in [1.165, 1.54) is 0 Å². The highest BCUT2D eigenvalue weighted by atomic mass is 16.1. The molecule has 0 unspecified atom stereocenters. The third kappa shape index (κ3) is 2.76. The van der Waals surface area contributed by atoms with E-state index >= 15 is 0 Å². The Morgan fingerprint density at radius 2 is 2.05 bits per heavy atom. The van der Waals surface area contributed by atoms with E-state index in [-0.39, 0.29) is 0 Å². The van der Waals surface area contributed by atoms with Gasteiger partial charge >= 0.3 is 0 Å². The molecule has 106 valence electrons. The summed E-state index contributed by atoms with van der Waals surface area (Å²) in [4.78, 5) is 19.7. The van der Waals surface area contributed by atoms with E-state index in [0.29, 0.717) is 17.5 Å². The van der Waals surface area contributed by atoms with Crippen LogP contribution < -0.4 is 5.73 Å². The Bertz CT molecular complexity index is 912. The number of carbonyl (C=O) groups excluding carboxylic acids is 1. The Labute approximate surface area is 127 Å². The molecule has 2 N–H and O–H groups in total. The van der Waals surface area contributed by atoms with Crippen molar-refractivity contribution in [3.8, 4) is 6.07 Å². The molecule has 0 aliphatic heterocycles. The van der Waals surface area contributed by atoms with Gasteiger partial charge in [-0.3, -0.25) is 14.8 Å². The highest BCUT2D eigenvalue weighted by molar-refractivity contribution is 5.92. The second-order valence-electron chi connectivity index (χ2n) is 4.94. The van der Waals surface area contributed by atoms with Gasteiger partial charge in [0.05, 0.1) is 11.1 Å². The lowest BCUT2D eigenvalue weighted by molar-refractivity contribution is 0.1000. The molecule has 0 saturated carbocycles. The van der Waals surface area contributed by atoms with Crippen molar-refractivity contribution in [3.63, 3.8) is 0 Å². The summed E-state index contributed by atoms with van der Waals surface area (Å²) >= 11 is 0. The van der Waals surface area contributed by atoms with Crippen LogP contribution >= 0.6 is 0 Å². The molecule has 3 aromatic rings. The van der Waals surface area contributed by atoms with E-state index in [2.05, 4.69) is 16.0 Å². The van der Waals surface area contributed by atoms with Gasteiger partial charge in [-0.1, -0.05) is 6.07 Å². The zero-order valence-electron chi connectivity index (χ0n) is 11.7. The minimum absolute atomic E-state index is 0.444. The molecule has 22 heavy (non-hydrogen) atoms. The molecule has 1 amide bonds. The van der Waals surface area contributed by atoms with E-state index in [1.54, 1.807) is 30.6 Å². The molecule has 0 fully saturated rings. The summed E-state index contributed by atoms with van der Waals surface area (Å²) < 4.78 is 0. The molecule has 0 radical (unpaired) electrons. The first-order chi connectivity index (χ1) is 10.7. The normalized spacial score (nSPS) is 10.3. The number of carbonyl (C=O) groups is 1. The van der Waals surface area contributed by atoms with Gasteiger partial charge in [0.2, 0.25) is 5.91 Å². The lowest BCUT2D eigenvalue weighted by atomic mass is 10.0. The Morgan fingerprint density at radius 1 is 1.18 bits per heavy atom. The largest absolute Gasteiger partial charge is 0.366 e. The van der Waals surface area contributed by atoms with Crippen LogP contribution in [0.15, 0.2) is 48.8 Å². The van der Waals surface area contributed by atoms with Crippen LogP contribution in [0.25, 0.3) is 10.9 Å². The molecular weight excluding hydrogens is 276 g/mol. The molecule has 0 spiro atoms.